The van der Waals surface area contributed by atoms with Crippen LogP contribution in [0.4, 0.5) is 5.69 Å². The van der Waals surface area contributed by atoms with Gasteiger partial charge in [-0.15, -0.1) is 0 Å². The Morgan fingerprint density at radius 3 is 1.84 bits per heavy atom. The van der Waals surface area contributed by atoms with E-state index in [2.05, 4.69) is 117 Å². The van der Waals surface area contributed by atoms with Crippen molar-refractivity contribution in [2.24, 2.45) is 0 Å². The van der Waals surface area contributed by atoms with Crippen LogP contribution < -0.4 is 0 Å². The highest BCUT2D eigenvalue weighted by molar-refractivity contribution is 6.11. The summed E-state index contributed by atoms with van der Waals surface area (Å²) in [4.78, 5) is 3.67. The minimum Gasteiger partial charge on any atom is -0.309 e. The molecule has 0 aliphatic carbocycles. The molecule has 9 aromatic rings. The molecule has 0 bridgehead atoms. The van der Waals surface area contributed by atoms with Crippen LogP contribution in [0.3, 0.4) is 0 Å². The number of para-hydroxylation sites is 3. The van der Waals surface area contributed by atoms with Gasteiger partial charge in [0.2, 0.25) is 0 Å². The van der Waals surface area contributed by atoms with Gasteiger partial charge < -0.3 is 9.13 Å². The summed E-state index contributed by atoms with van der Waals surface area (Å²) in [6.07, 6.45) is 0. The van der Waals surface area contributed by atoms with E-state index >= 15 is 0 Å². The van der Waals surface area contributed by atoms with Crippen molar-refractivity contribution < 1.29 is 0 Å². The zero-order chi connectivity index (χ0) is 33.8. The Hall–Kier alpha value is -7.39. The fourth-order valence-electron chi connectivity index (χ4n) is 7.36. The van der Waals surface area contributed by atoms with E-state index in [1.807, 2.05) is 60.7 Å². The van der Waals surface area contributed by atoms with Crippen molar-refractivity contribution >= 4 is 49.3 Å². The average molecular weight is 636 g/mol. The maximum absolute atomic E-state index is 10.2. The third-order valence-electron chi connectivity index (χ3n) is 9.54. The van der Waals surface area contributed by atoms with Gasteiger partial charge in [0.25, 0.3) is 0 Å². The van der Waals surface area contributed by atoms with E-state index in [9.17, 15) is 10.5 Å². The molecule has 0 unspecified atom stereocenters. The largest absolute Gasteiger partial charge is 0.309 e. The Kier molecular flexibility index (Phi) is 6.56. The van der Waals surface area contributed by atoms with Gasteiger partial charge in [-0.3, -0.25) is 0 Å². The van der Waals surface area contributed by atoms with Crippen LogP contribution in [0.1, 0.15) is 11.1 Å². The minimum absolute atomic E-state index is 0.543. The smallest absolute Gasteiger partial charge is 0.188 e. The zero-order valence-electron chi connectivity index (χ0n) is 26.7. The van der Waals surface area contributed by atoms with Crippen molar-refractivity contribution in [3.05, 3.63) is 174 Å². The molecule has 5 heteroatoms. The molecule has 0 radical (unpaired) electrons. The molecule has 0 atom stereocenters. The number of nitrogens with zero attached hydrogens (tertiary/aromatic N) is 5. The molecular formula is C45H25N5. The maximum atomic E-state index is 10.2. The third kappa shape index (κ3) is 4.45. The molecule has 0 saturated heterocycles. The first-order valence-corrected chi connectivity index (χ1v) is 16.2. The normalized spacial score (nSPS) is 11.1. The van der Waals surface area contributed by atoms with Gasteiger partial charge in [0.05, 0.1) is 57.6 Å². The summed E-state index contributed by atoms with van der Waals surface area (Å²) < 4.78 is 4.49. The summed E-state index contributed by atoms with van der Waals surface area (Å²) in [6.45, 7) is 7.62. The molecule has 0 aliphatic rings. The van der Waals surface area contributed by atoms with Gasteiger partial charge in [-0.05, 0) is 101 Å². The molecule has 0 N–H and O–H groups in total. The summed E-state index contributed by atoms with van der Waals surface area (Å²) in [5.74, 6) is 0. The summed E-state index contributed by atoms with van der Waals surface area (Å²) in [5, 5.41) is 24.2. The number of nitriles is 2. The molecule has 0 amide bonds. The molecule has 0 aliphatic heterocycles. The van der Waals surface area contributed by atoms with Gasteiger partial charge in [-0.1, -0.05) is 72.8 Å². The van der Waals surface area contributed by atoms with E-state index in [1.54, 1.807) is 0 Å². The van der Waals surface area contributed by atoms with Crippen LogP contribution in [-0.2, 0) is 0 Å². The van der Waals surface area contributed by atoms with Crippen molar-refractivity contribution in [2.45, 2.75) is 0 Å². The topological polar surface area (TPSA) is 61.8 Å². The summed E-state index contributed by atoms with van der Waals surface area (Å²) >= 11 is 0. The SMILES string of the molecule is [C-]#[N+]c1ccc2c(c1)c1cc(C#N)ccc1n2-c1ccccc1-c1cc(C#N)cc(-c2cccc(-n3c4ccccc4c4ccccc43)c2)c1. The second kappa shape index (κ2) is 11.4. The lowest BCUT2D eigenvalue weighted by Gasteiger charge is -2.16. The molecule has 0 saturated carbocycles. The minimum atomic E-state index is 0.543. The van der Waals surface area contributed by atoms with Crippen LogP contribution in [0.2, 0.25) is 0 Å². The molecule has 230 valence electrons. The van der Waals surface area contributed by atoms with Crippen molar-refractivity contribution in [3.63, 3.8) is 0 Å². The highest BCUT2D eigenvalue weighted by atomic mass is 15.0. The van der Waals surface area contributed by atoms with Gasteiger partial charge in [-0.25, -0.2) is 4.85 Å². The van der Waals surface area contributed by atoms with Crippen molar-refractivity contribution in [2.75, 3.05) is 0 Å². The van der Waals surface area contributed by atoms with Gasteiger partial charge in [0.1, 0.15) is 0 Å². The summed E-state index contributed by atoms with van der Waals surface area (Å²) in [6, 6.07) is 55.7. The lowest BCUT2D eigenvalue weighted by Crippen LogP contribution is -1.98. The Balaban J connectivity index is 1.24. The lowest BCUT2D eigenvalue weighted by atomic mass is 9.95. The Morgan fingerprint density at radius 1 is 0.460 bits per heavy atom. The predicted molar refractivity (Wildman–Crippen MR) is 202 cm³/mol. The molecule has 9 rings (SSSR count). The van der Waals surface area contributed by atoms with Crippen LogP contribution in [0, 0.1) is 29.2 Å². The molecular weight excluding hydrogens is 611 g/mol. The Morgan fingerprint density at radius 2 is 1.10 bits per heavy atom. The first kappa shape index (κ1) is 28.8. The van der Waals surface area contributed by atoms with Gasteiger partial charge in [0, 0.05) is 27.4 Å². The molecule has 2 heterocycles. The van der Waals surface area contributed by atoms with Crippen LogP contribution in [0.25, 0.3) is 82.1 Å². The van der Waals surface area contributed by atoms with E-state index < -0.39 is 0 Å². The molecule has 2 aromatic heterocycles. The van der Waals surface area contributed by atoms with Crippen LogP contribution in [-0.4, -0.2) is 9.13 Å². The van der Waals surface area contributed by atoms with Crippen LogP contribution in [0.5, 0.6) is 0 Å². The monoisotopic (exact) mass is 635 g/mol. The number of benzene rings is 7. The second-order valence-electron chi connectivity index (χ2n) is 12.3. The van der Waals surface area contributed by atoms with E-state index in [1.165, 1.54) is 10.8 Å². The number of hydrogen-bond donors (Lipinski definition) is 0. The maximum Gasteiger partial charge on any atom is 0.188 e. The zero-order valence-corrected chi connectivity index (χ0v) is 26.7. The van der Waals surface area contributed by atoms with E-state index in [-0.39, 0.29) is 0 Å². The highest BCUT2D eigenvalue weighted by Crippen LogP contribution is 2.40. The molecule has 0 spiro atoms. The van der Waals surface area contributed by atoms with Crippen LogP contribution >= 0.6 is 0 Å². The summed E-state index contributed by atoms with van der Waals surface area (Å²) in [5.41, 5.74) is 11.6. The Bertz CT molecular complexity index is 2850. The number of rotatable bonds is 4. The molecule has 7 aromatic carbocycles. The van der Waals surface area contributed by atoms with Crippen molar-refractivity contribution in [1.29, 1.82) is 10.5 Å². The van der Waals surface area contributed by atoms with E-state index in [0.29, 0.717) is 16.8 Å². The predicted octanol–water partition coefficient (Wildman–Crippen LogP) is 11.5. The summed E-state index contributed by atoms with van der Waals surface area (Å²) in [7, 11) is 0. The molecule has 50 heavy (non-hydrogen) atoms. The fraction of sp³-hybridized carbons (Fsp3) is 0. The van der Waals surface area contributed by atoms with Crippen molar-refractivity contribution in [1.82, 2.24) is 9.13 Å². The average Bonchev–Trinajstić information content (AvgIpc) is 3.69. The number of hydrogen-bond acceptors (Lipinski definition) is 2. The third-order valence-corrected chi connectivity index (χ3v) is 9.54. The molecule has 5 nitrogen and oxygen atoms in total. The van der Waals surface area contributed by atoms with Crippen molar-refractivity contribution in [3.8, 4) is 45.8 Å². The van der Waals surface area contributed by atoms with Gasteiger partial charge in [-0.2, -0.15) is 10.5 Å². The number of aromatic nitrogens is 2. The first-order chi connectivity index (χ1) is 24.6. The first-order valence-electron chi connectivity index (χ1n) is 16.2. The van der Waals surface area contributed by atoms with E-state index in [4.69, 9.17) is 6.57 Å². The van der Waals surface area contributed by atoms with Crippen LogP contribution in [0.15, 0.2) is 152 Å². The highest BCUT2D eigenvalue weighted by Gasteiger charge is 2.18. The van der Waals surface area contributed by atoms with Gasteiger partial charge >= 0.3 is 0 Å². The number of fused-ring (bicyclic) bond motifs is 6. The quantitative estimate of drug-likeness (QED) is 0.181. The van der Waals surface area contributed by atoms with Gasteiger partial charge in [0.15, 0.2) is 5.69 Å². The fourth-order valence-corrected chi connectivity index (χ4v) is 7.36. The standard InChI is InChI=1S/C45H25N5/c1-48-34-18-20-45-40(26-34)39-23-29(27-46)17-19-44(39)50(45)41-14-5-2-11-36(41)33-22-30(28-47)21-32(24-33)31-9-8-10-35(25-31)49-42-15-6-3-12-37(42)38-13-4-7-16-43(38)49/h2-26H. The van der Waals surface area contributed by atoms with E-state index in [0.717, 1.165) is 66.5 Å². The lowest BCUT2D eigenvalue weighted by molar-refractivity contribution is 1.18. The Labute approximate surface area is 288 Å². The second-order valence-corrected chi connectivity index (χ2v) is 12.3. The molecule has 0 fully saturated rings.